The van der Waals surface area contributed by atoms with E-state index in [0.29, 0.717) is 11.6 Å². The van der Waals surface area contributed by atoms with Gasteiger partial charge in [-0.25, -0.2) is 4.98 Å². The van der Waals surface area contributed by atoms with Gasteiger partial charge >= 0.3 is 0 Å². The Bertz CT molecular complexity index is 347. The van der Waals surface area contributed by atoms with Gasteiger partial charge in [0.1, 0.15) is 4.60 Å². The van der Waals surface area contributed by atoms with Crippen LogP contribution in [0.3, 0.4) is 0 Å². The number of amides is 1. The Morgan fingerprint density at radius 3 is 2.50 bits per heavy atom. The van der Waals surface area contributed by atoms with Gasteiger partial charge in [0.2, 0.25) is 0 Å². The average Bonchev–Trinajstić information content (AvgIpc) is 2.30. The second-order valence-corrected chi connectivity index (χ2v) is 4.57. The van der Waals surface area contributed by atoms with Crippen molar-refractivity contribution in [3.8, 4) is 0 Å². The van der Waals surface area contributed by atoms with Gasteiger partial charge in [-0.3, -0.25) is 4.79 Å². The SMILES string of the molecule is CCC(CC)N(C)C(=O)c1ccc(Br)nc1. The first-order chi connectivity index (χ1) is 7.60. The number of carbonyl (C=O) groups is 1. The van der Waals surface area contributed by atoms with Gasteiger partial charge < -0.3 is 4.90 Å². The summed E-state index contributed by atoms with van der Waals surface area (Å²) in [6.07, 6.45) is 3.55. The number of hydrogen-bond donors (Lipinski definition) is 0. The fourth-order valence-corrected chi connectivity index (χ4v) is 1.94. The van der Waals surface area contributed by atoms with Gasteiger partial charge in [-0.05, 0) is 40.9 Å². The molecule has 0 aromatic carbocycles. The Kier molecular flexibility index (Phi) is 4.93. The van der Waals surface area contributed by atoms with Crippen LogP contribution < -0.4 is 0 Å². The first-order valence-corrected chi connectivity index (χ1v) is 6.28. The molecule has 1 amide bonds. The molecule has 0 atom stereocenters. The van der Waals surface area contributed by atoms with E-state index in [2.05, 4.69) is 34.8 Å². The number of hydrogen-bond acceptors (Lipinski definition) is 2. The minimum Gasteiger partial charge on any atom is -0.339 e. The largest absolute Gasteiger partial charge is 0.339 e. The van der Waals surface area contributed by atoms with E-state index >= 15 is 0 Å². The predicted molar refractivity (Wildman–Crippen MR) is 68.4 cm³/mol. The lowest BCUT2D eigenvalue weighted by Gasteiger charge is -2.26. The summed E-state index contributed by atoms with van der Waals surface area (Å²) in [5.74, 6) is 0.0358. The summed E-state index contributed by atoms with van der Waals surface area (Å²) in [5, 5.41) is 0. The van der Waals surface area contributed by atoms with E-state index in [4.69, 9.17) is 0 Å². The Morgan fingerprint density at radius 1 is 1.44 bits per heavy atom. The Balaban J connectivity index is 2.81. The van der Waals surface area contributed by atoms with Gasteiger partial charge in [0.25, 0.3) is 5.91 Å². The molecule has 0 saturated carbocycles. The Hall–Kier alpha value is -0.900. The lowest BCUT2D eigenvalue weighted by atomic mass is 10.1. The lowest BCUT2D eigenvalue weighted by Crippen LogP contribution is -2.36. The fourth-order valence-electron chi connectivity index (χ4n) is 1.71. The average molecular weight is 285 g/mol. The second-order valence-electron chi connectivity index (χ2n) is 3.76. The summed E-state index contributed by atoms with van der Waals surface area (Å²) >= 11 is 3.25. The highest BCUT2D eigenvalue weighted by molar-refractivity contribution is 9.10. The highest BCUT2D eigenvalue weighted by atomic mass is 79.9. The van der Waals surface area contributed by atoms with Crippen LogP contribution in [0.5, 0.6) is 0 Å². The molecule has 88 valence electrons. The molecular weight excluding hydrogens is 268 g/mol. The number of halogens is 1. The number of pyridine rings is 1. The van der Waals surface area contributed by atoms with Crippen molar-refractivity contribution >= 4 is 21.8 Å². The van der Waals surface area contributed by atoms with Crippen molar-refractivity contribution in [2.75, 3.05) is 7.05 Å². The first kappa shape index (κ1) is 13.2. The second kappa shape index (κ2) is 5.99. The van der Waals surface area contributed by atoms with Gasteiger partial charge in [-0.2, -0.15) is 0 Å². The van der Waals surface area contributed by atoms with Crippen LogP contribution in [0.1, 0.15) is 37.0 Å². The number of nitrogens with zero attached hydrogens (tertiary/aromatic N) is 2. The normalized spacial score (nSPS) is 10.6. The lowest BCUT2D eigenvalue weighted by molar-refractivity contribution is 0.0723. The zero-order valence-corrected chi connectivity index (χ0v) is 11.5. The van der Waals surface area contributed by atoms with Crippen LogP contribution in [0.15, 0.2) is 22.9 Å². The van der Waals surface area contributed by atoms with E-state index in [1.165, 1.54) is 0 Å². The van der Waals surface area contributed by atoms with Gasteiger partial charge in [0.05, 0.1) is 5.56 Å². The molecule has 0 fully saturated rings. The van der Waals surface area contributed by atoms with Crippen molar-refractivity contribution < 1.29 is 4.79 Å². The molecule has 4 heteroatoms. The summed E-state index contributed by atoms with van der Waals surface area (Å²) in [7, 11) is 1.85. The van der Waals surface area contributed by atoms with Crippen LogP contribution in [0, 0.1) is 0 Å². The van der Waals surface area contributed by atoms with Crippen LogP contribution in [0.25, 0.3) is 0 Å². The monoisotopic (exact) mass is 284 g/mol. The van der Waals surface area contributed by atoms with Crippen molar-refractivity contribution in [3.63, 3.8) is 0 Å². The van der Waals surface area contributed by atoms with Crippen LogP contribution >= 0.6 is 15.9 Å². The maximum absolute atomic E-state index is 12.1. The summed E-state index contributed by atoms with van der Waals surface area (Å²) in [6.45, 7) is 4.19. The minimum absolute atomic E-state index is 0.0358. The van der Waals surface area contributed by atoms with Gasteiger partial charge in [-0.15, -0.1) is 0 Å². The molecule has 3 nitrogen and oxygen atoms in total. The molecule has 1 rings (SSSR count). The van der Waals surface area contributed by atoms with Gasteiger partial charge in [-0.1, -0.05) is 13.8 Å². The van der Waals surface area contributed by atoms with E-state index in [1.54, 1.807) is 23.2 Å². The highest BCUT2D eigenvalue weighted by Gasteiger charge is 2.18. The molecule has 0 spiro atoms. The molecule has 1 aromatic heterocycles. The summed E-state index contributed by atoms with van der Waals surface area (Å²) in [5.41, 5.74) is 0.637. The maximum atomic E-state index is 12.1. The zero-order valence-electron chi connectivity index (χ0n) is 9.90. The smallest absolute Gasteiger partial charge is 0.255 e. The molecule has 0 radical (unpaired) electrons. The molecule has 16 heavy (non-hydrogen) atoms. The van der Waals surface area contributed by atoms with Crippen LogP contribution in [0.2, 0.25) is 0 Å². The van der Waals surface area contributed by atoms with Crippen molar-refractivity contribution in [2.24, 2.45) is 0 Å². The quantitative estimate of drug-likeness (QED) is 0.796. The molecule has 1 aromatic rings. The van der Waals surface area contributed by atoms with Crippen LogP contribution in [-0.4, -0.2) is 28.9 Å². The maximum Gasteiger partial charge on any atom is 0.255 e. The number of rotatable bonds is 4. The third-order valence-electron chi connectivity index (χ3n) is 2.78. The van der Waals surface area contributed by atoms with Gasteiger partial charge in [0.15, 0.2) is 0 Å². The molecule has 0 unspecified atom stereocenters. The van der Waals surface area contributed by atoms with Crippen molar-refractivity contribution in [2.45, 2.75) is 32.7 Å². The standard InChI is InChI=1S/C12H17BrN2O/c1-4-10(5-2)15(3)12(16)9-6-7-11(13)14-8-9/h6-8,10H,4-5H2,1-3H3. The van der Waals surface area contributed by atoms with Gasteiger partial charge in [0, 0.05) is 19.3 Å². The highest BCUT2D eigenvalue weighted by Crippen LogP contribution is 2.12. The zero-order chi connectivity index (χ0) is 12.1. The third-order valence-corrected chi connectivity index (χ3v) is 3.25. The van der Waals surface area contributed by atoms with Crippen LogP contribution in [0.4, 0.5) is 0 Å². The van der Waals surface area contributed by atoms with Crippen molar-refractivity contribution in [3.05, 3.63) is 28.5 Å². The van der Waals surface area contributed by atoms with E-state index in [0.717, 1.165) is 17.4 Å². The number of aromatic nitrogens is 1. The third kappa shape index (κ3) is 3.04. The van der Waals surface area contributed by atoms with E-state index < -0.39 is 0 Å². The molecule has 0 saturated heterocycles. The summed E-state index contributed by atoms with van der Waals surface area (Å²) in [4.78, 5) is 17.9. The van der Waals surface area contributed by atoms with Crippen LogP contribution in [-0.2, 0) is 0 Å². The van der Waals surface area contributed by atoms with Crippen molar-refractivity contribution in [1.82, 2.24) is 9.88 Å². The van der Waals surface area contributed by atoms with E-state index in [-0.39, 0.29) is 5.91 Å². The molecular formula is C12H17BrN2O. The Morgan fingerprint density at radius 2 is 2.06 bits per heavy atom. The molecule has 0 bridgehead atoms. The molecule has 1 heterocycles. The fraction of sp³-hybridized carbons (Fsp3) is 0.500. The predicted octanol–water partition coefficient (Wildman–Crippen LogP) is 3.10. The molecule has 0 aliphatic rings. The van der Waals surface area contributed by atoms with Crippen molar-refractivity contribution in [1.29, 1.82) is 0 Å². The summed E-state index contributed by atoms with van der Waals surface area (Å²) < 4.78 is 0.745. The topological polar surface area (TPSA) is 33.2 Å². The van der Waals surface area contributed by atoms with E-state index in [1.807, 2.05) is 7.05 Å². The summed E-state index contributed by atoms with van der Waals surface area (Å²) in [6, 6.07) is 3.88. The molecule has 0 aliphatic carbocycles. The first-order valence-electron chi connectivity index (χ1n) is 5.48. The molecule has 0 N–H and O–H groups in total. The molecule has 0 aliphatic heterocycles. The Labute approximate surface area is 105 Å². The number of carbonyl (C=O) groups excluding carboxylic acids is 1. The van der Waals surface area contributed by atoms with E-state index in [9.17, 15) is 4.79 Å². The minimum atomic E-state index is 0.0358.